The van der Waals surface area contributed by atoms with Gasteiger partial charge in [0.15, 0.2) is 11.6 Å². The van der Waals surface area contributed by atoms with Crippen LogP contribution in [0.25, 0.3) is 28.6 Å². The summed E-state index contributed by atoms with van der Waals surface area (Å²) in [7, 11) is 1.57. The summed E-state index contributed by atoms with van der Waals surface area (Å²) in [5.74, 6) is 1.69. The smallest absolute Gasteiger partial charge is 0.232 e. The lowest BCUT2D eigenvalue weighted by Gasteiger charge is -2.08. The van der Waals surface area contributed by atoms with Gasteiger partial charge < -0.3 is 4.74 Å². The zero-order valence-corrected chi connectivity index (χ0v) is 15.4. The van der Waals surface area contributed by atoms with Gasteiger partial charge in [0.2, 0.25) is 5.88 Å². The molecule has 0 N–H and O–H groups in total. The Morgan fingerprint density at radius 3 is 2.56 bits per heavy atom. The number of para-hydroxylation sites is 1. The normalized spacial score (nSPS) is 10.8. The lowest BCUT2D eigenvalue weighted by atomic mass is 10.1. The third-order valence-electron chi connectivity index (χ3n) is 4.28. The van der Waals surface area contributed by atoms with Crippen molar-refractivity contribution in [2.45, 2.75) is 13.8 Å². The van der Waals surface area contributed by atoms with Crippen LogP contribution in [-0.4, -0.2) is 31.8 Å². The van der Waals surface area contributed by atoms with Gasteiger partial charge in [-0.15, -0.1) is 5.10 Å². The highest BCUT2D eigenvalue weighted by atomic mass is 16.5. The fraction of sp³-hybridized carbons (Fsp3) is 0.143. The maximum absolute atomic E-state index is 5.22. The highest BCUT2D eigenvalue weighted by Gasteiger charge is 2.18. The first-order chi connectivity index (χ1) is 13.2. The lowest BCUT2D eigenvalue weighted by Crippen LogP contribution is -2.03. The summed E-state index contributed by atoms with van der Waals surface area (Å²) < 4.78 is 7.04. The van der Waals surface area contributed by atoms with Crippen molar-refractivity contribution in [3.8, 4) is 34.5 Å². The SMILES string of the molecule is COc1cncc(-c2nc(-c3cccc(C)c3)nn2-c2ccccc2C)n1. The van der Waals surface area contributed by atoms with E-state index in [0.717, 1.165) is 22.4 Å². The molecular formula is C21H19N5O. The Balaban J connectivity index is 1.94. The van der Waals surface area contributed by atoms with Gasteiger partial charge in [-0.2, -0.15) is 0 Å². The molecule has 0 aliphatic carbocycles. The molecule has 0 fully saturated rings. The maximum Gasteiger partial charge on any atom is 0.232 e. The van der Waals surface area contributed by atoms with Gasteiger partial charge >= 0.3 is 0 Å². The highest BCUT2D eigenvalue weighted by molar-refractivity contribution is 5.62. The van der Waals surface area contributed by atoms with Crippen molar-refractivity contribution in [2.24, 2.45) is 0 Å². The van der Waals surface area contributed by atoms with E-state index >= 15 is 0 Å². The van der Waals surface area contributed by atoms with Gasteiger partial charge in [0.05, 0.1) is 25.2 Å². The lowest BCUT2D eigenvalue weighted by molar-refractivity contribution is 0.396. The molecule has 27 heavy (non-hydrogen) atoms. The molecule has 0 bridgehead atoms. The first-order valence-corrected chi connectivity index (χ1v) is 8.62. The summed E-state index contributed by atoms with van der Waals surface area (Å²) in [6.07, 6.45) is 3.24. The summed E-state index contributed by atoms with van der Waals surface area (Å²) >= 11 is 0. The number of nitrogens with zero attached hydrogens (tertiary/aromatic N) is 5. The fourth-order valence-electron chi connectivity index (χ4n) is 2.91. The van der Waals surface area contributed by atoms with Crippen LogP contribution in [0.15, 0.2) is 60.9 Å². The van der Waals surface area contributed by atoms with Crippen molar-refractivity contribution in [1.82, 2.24) is 24.7 Å². The average molecular weight is 357 g/mol. The number of ether oxygens (including phenoxy) is 1. The summed E-state index contributed by atoms with van der Waals surface area (Å²) in [6.45, 7) is 4.10. The molecule has 2 heterocycles. The fourth-order valence-corrected chi connectivity index (χ4v) is 2.91. The van der Waals surface area contributed by atoms with Crippen molar-refractivity contribution in [3.05, 3.63) is 72.1 Å². The standard InChI is InChI=1S/C21H19N5O/c1-14-7-6-9-16(11-14)20-24-21(17-12-22-13-19(23-17)27-3)26(25-20)18-10-5-4-8-15(18)2/h4-13H,1-3H3. The van der Waals surface area contributed by atoms with Crippen LogP contribution >= 0.6 is 0 Å². The minimum absolute atomic E-state index is 0.434. The molecule has 6 nitrogen and oxygen atoms in total. The maximum atomic E-state index is 5.22. The van der Waals surface area contributed by atoms with Crippen LogP contribution in [0.3, 0.4) is 0 Å². The van der Waals surface area contributed by atoms with Crippen molar-refractivity contribution in [2.75, 3.05) is 7.11 Å². The molecule has 134 valence electrons. The molecular weight excluding hydrogens is 338 g/mol. The minimum atomic E-state index is 0.434. The van der Waals surface area contributed by atoms with E-state index in [2.05, 4.69) is 29.0 Å². The quantitative estimate of drug-likeness (QED) is 0.552. The van der Waals surface area contributed by atoms with Gasteiger partial charge in [0.25, 0.3) is 0 Å². The van der Waals surface area contributed by atoms with Gasteiger partial charge in [0.1, 0.15) is 5.69 Å². The average Bonchev–Trinajstić information content (AvgIpc) is 3.14. The molecule has 0 aliphatic heterocycles. The zero-order chi connectivity index (χ0) is 18.8. The zero-order valence-electron chi connectivity index (χ0n) is 15.4. The molecule has 0 atom stereocenters. The van der Waals surface area contributed by atoms with E-state index in [-0.39, 0.29) is 0 Å². The second-order valence-corrected chi connectivity index (χ2v) is 6.27. The Morgan fingerprint density at radius 1 is 0.926 bits per heavy atom. The Morgan fingerprint density at radius 2 is 1.78 bits per heavy atom. The van der Waals surface area contributed by atoms with Gasteiger partial charge in [-0.05, 0) is 31.5 Å². The number of rotatable bonds is 4. The monoisotopic (exact) mass is 357 g/mol. The summed E-state index contributed by atoms with van der Waals surface area (Å²) in [6, 6.07) is 16.2. The molecule has 2 aromatic carbocycles. The van der Waals surface area contributed by atoms with E-state index in [9.17, 15) is 0 Å². The highest BCUT2D eigenvalue weighted by Crippen LogP contribution is 2.26. The van der Waals surface area contributed by atoms with Crippen molar-refractivity contribution < 1.29 is 4.74 Å². The Kier molecular flexibility index (Phi) is 4.38. The molecule has 6 heteroatoms. The van der Waals surface area contributed by atoms with Gasteiger partial charge in [-0.3, -0.25) is 4.98 Å². The van der Waals surface area contributed by atoms with Gasteiger partial charge in [0, 0.05) is 5.56 Å². The predicted octanol–water partition coefficient (Wildman–Crippen LogP) is 4.02. The third kappa shape index (κ3) is 3.29. The molecule has 0 radical (unpaired) electrons. The minimum Gasteiger partial charge on any atom is -0.480 e. The van der Waals surface area contributed by atoms with E-state index < -0.39 is 0 Å². The molecule has 0 amide bonds. The van der Waals surface area contributed by atoms with E-state index in [4.69, 9.17) is 14.8 Å². The van der Waals surface area contributed by atoms with Crippen LogP contribution < -0.4 is 4.74 Å². The van der Waals surface area contributed by atoms with Gasteiger partial charge in [-0.25, -0.2) is 14.6 Å². The van der Waals surface area contributed by atoms with E-state index in [1.165, 1.54) is 0 Å². The Bertz CT molecular complexity index is 1100. The van der Waals surface area contributed by atoms with Crippen LogP contribution in [0, 0.1) is 13.8 Å². The molecule has 0 saturated carbocycles. The number of methoxy groups -OCH3 is 1. The third-order valence-corrected chi connectivity index (χ3v) is 4.28. The molecule has 4 aromatic rings. The molecule has 0 saturated heterocycles. The largest absolute Gasteiger partial charge is 0.480 e. The van der Waals surface area contributed by atoms with Crippen LogP contribution in [0.1, 0.15) is 11.1 Å². The van der Waals surface area contributed by atoms with Crippen molar-refractivity contribution >= 4 is 0 Å². The van der Waals surface area contributed by atoms with Gasteiger partial charge in [-0.1, -0.05) is 42.0 Å². The van der Waals surface area contributed by atoms with Crippen LogP contribution in [0.4, 0.5) is 0 Å². The van der Waals surface area contributed by atoms with E-state index in [0.29, 0.717) is 23.2 Å². The molecule has 0 aliphatic rings. The van der Waals surface area contributed by atoms with Crippen LogP contribution in [0.5, 0.6) is 5.88 Å². The topological polar surface area (TPSA) is 65.7 Å². The summed E-state index contributed by atoms with van der Waals surface area (Å²) in [4.78, 5) is 13.5. The van der Waals surface area contributed by atoms with E-state index in [1.807, 2.05) is 48.0 Å². The second-order valence-electron chi connectivity index (χ2n) is 6.27. The molecule has 0 unspecified atom stereocenters. The second kappa shape index (κ2) is 6.99. The molecule has 2 aromatic heterocycles. The van der Waals surface area contributed by atoms with Crippen molar-refractivity contribution in [1.29, 1.82) is 0 Å². The number of hydrogen-bond donors (Lipinski definition) is 0. The van der Waals surface area contributed by atoms with Crippen molar-refractivity contribution in [3.63, 3.8) is 0 Å². The van der Waals surface area contributed by atoms with Crippen LogP contribution in [0.2, 0.25) is 0 Å². The summed E-state index contributed by atoms with van der Waals surface area (Å²) in [5.41, 5.74) is 4.75. The van der Waals surface area contributed by atoms with E-state index in [1.54, 1.807) is 19.5 Å². The Hall–Kier alpha value is -3.54. The number of hydrogen-bond acceptors (Lipinski definition) is 5. The van der Waals surface area contributed by atoms with Crippen LogP contribution in [-0.2, 0) is 0 Å². The first kappa shape index (κ1) is 16.9. The predicted molar refractivity (Wildman–Crippen MR) is 104 cm³/mol. The first-order valence-electron chi connectivity index (χ1n) is 8.62. The molecule has 0 spiro atoms. The summed E-state index contributed by atoms with van der Waals surface area (Å²) in [5, 5.41) is 4.78. The number of benzene rings is 2. The molecule has 4 rings (SSSR count). The number of aromatic nitrogens is 5. The Labute approximate surface area is 157 Å². The number of aryl methyl sites for hydroxylation is 2.